The van der Waals surface area contributed by atoms with Crippen LogP contribution in [0.3, 0.4) is 0 Å². The van der Waals surface area contributed by atoms with Crippen molar-refractivity contribution in [1.29, 1.82) is 0 Å². The summed E-state index contributed by atoms with van der Waals surface area (Å²) < 4.78 is 6.09. The topological polar surface area (TPSA) is 42.2 Å². The van der Waals surface area contributed by atoms with Crippen molar-refractivity contribution in [3.8, 4) is 0 Å². The summed E-state index contributed by atoms with van der Waals surface area (Å²) in [5, 5.41) is 4.22. The van der Waals surface area contributed by atoms with Crippen molar-refractivity contribution in [2.75, 3.05) is 5.32 Å². The Morgan fingerprint density at radius 3 is 2.80 bits per heavy atom. The first-order valence-corrected chi connectivity index (χ1v) is 7.05. The van der Waals surface area contributed by atoms with E-state index < -0.39 is 0 Å². The van der Waals surface area contributed by atoms with E-state index in [1.807, 2.05) is 24.3 Å². The molecule has 0 bridgehead atoms. The molecule has 0 saturated carbocycles. The summed E-state index contributed by atoms with van der Waals surface area (Å²) >= 11 is 9.24. The van der Waals surface area contributed by atoms with Gasteiger partial charge in [-0.15, -0.1) is 0 Å². The molecule has 0 saturated heterocycles. The average Bonchev–Trinajstić information content (AvgIpc) is 2.86. The molecule has 0 radical (unpaired) electrons. The van der Waals surface area contributed by atoms with Gasteiger partial charge in [-0.2, -0.15) is 0 Å². The number of rotatable bonds is 2. The van der Waals surface area contributed by atoms with Gasteiger partial charge >= 0.3 is 0 Å². The number of carbonyl (C=O) groups is 1. The number of para-hydroxylation sites is 1. The fraction of sp³-hybridized carbons (Fsp3) is 0. The van der Waals surface area contributed by atoms with Gasteiger partial charge in [0.05, 0.1) is 11.3 Å². The van der Waals surface area contributed by atoms with Crippen LogP contribution in [0.4, 0.5) is 5.69 Å². The Labute approximate surface area is 128 Å². The highest BCUT2D eigenvalue weighted by atomic mass is 79.9. The van der Waals surface area contributed by atoms with Crippen LogP contribution >= 0.6 is 27.5 Å². The first-order valence-electron chi connectivity index (χ1n) is 5.88. The highest BCUT2D eigenvalue weighted by molar-refractivity contribution is 9.10. The summed E-state index contributed by atoms with van der Waals surface area (Å²) in [7, 11) is 0. The normalized spacial score (nSPS) is 10.7. The Hall–Kier alpha value is -1.78. The molecule has 0 aliphatic heterocycles. The molecule has 5 heteroatoms. The Kier molecular flexibility index (Phi) is 3.51. The van der Waals surface area contributed by atoms with E-state index in [1.165, 1.54) is 6.26 Å². The quantitative estimate of drug-likeness (QED) is 0.698. The average molecular weight is 351 g/mol. The third kappa shape index (κ3) is 2.44. The molecule has 3 nitrogen and oxygen atoms in total. The zero-order valence-corrected chi connectivity index (χ0v) is 12.5. The number of fused-ring (bicyclic) bond motifs is 1. The summed E-state index contributed by atoms with van der Waals surface area (Å²) in [6.07, 6.45) is 1.46. The molecule has 0 spiro atoms. The Bertz CT molecular complexity index is 797. The second-order valence-corrected chi connectivity index (χ2v) is 5.51. The number of anilines is 1. The first kappa shape index (κ1) is 13.2. The molecular formula is C15H9BrClNO2. The summed E-state index contributed by atoms with van der Waals surface area (Å²) in [6, 6.07) is 12.6. The molecule has 3 aromatic rings. The molecule has 0 fully saturated rings. The third-order valence-corrected chi connectivity index (χ3v) is 3.80. The first-order chi connectivity index (χ1) is 9.65. The number of benzene rings is 2. The predicted molar refractivity (Wildman–Crippen MR) is 83.3 cm³/mol. The molecular weight excluding hydrogens is 342 g/mol. The minimum atomic E-state index is -0.224. The van der Waals surface area contributed by atoms with Gasteiger partial charge in [-0.05, 0) is 40.2 Å². The number of amides is 1. The van der Waals surface area contributed by atoms with Crippen molar-refractivity contribution in [2.45, 2.75) is 0 Å². The Balaban J connectivity index is 1.93. The second kappa shape index (κ2) is 5.31. The van der Waals surface area contributed by atoms with E-state index in [9.17, 15) is 4.79 Å². The summed E-state index contributed by atoms with van der Waals surface area (Å²) in [4.78, 5) is 12.3. The van der Waals surface area contributed by atoms with Crippen LogP contribution in [0.5, 0.6) is 0 Å². The van der Waals surface area contributed by atoms with E-state index >= 15 is 0 Å². The number of nitrogens with one attached hydrogen (secondary N) is 1. The minimum Gasteiger partial charge on any atom is -0.463 e. The maximum atomic E-state index is 12.3. The largest absolute Gasteiger partial charge is 0.463 e. The molecule has 100 valence electrons. The van der Waals surface area contributed by atoms with Crippen LogP contribution in [-0.2, 0) is 0 Å². The lowest BCUT2D eigenvalue weighted by molar-refractivity contribution is 0.102. The van der Waals surface area contributed by atoms with Gasteiger partial charge in [-0.3, -0.25) is 4.79 Å². The molecule has 0 unspecified atom stereocenters. The molecule has 0 aliphatic carbocycles. The van der Waals surface area contributed by atoms with Crippen LogP contribution in [0.25, 0.3) is 11.0 Å². The minimum absolute atomic E-state index is 0.224. The van der Waals surface area contributed by atoms with Crippen molar-refractivity contribution in [3.63, 3.8) is 0 Å². The van der Waals surface area contributed by atoms with Crippen LogP contribution < -0.4 is 5.32 Å². The summed E-state index contributed by atoms with van der Waals surface area (Å²) in [6.45, 7) is 0. The van der Waals surface area contributed by atoms with E-state index in [-0.39, 0.29) is 5.91 Å². The van der Waals surface area contributed by atoms with Crippen molar-refractivity contribution in [2.24, 2.45) is 0 Å². The van der Waals surface area contributed by atoms with Crippen LogP contribution in [0.15, 0.2) is 57.6 Å². The van der Waals surface area contributed by atoms with Crippen LogP contribution in [0.1, 0.15) is 10.4 Å². The molecule has 3 rings (SSSR count). The lowest BCUT2D eigenvalue weighted by atomic mass is 10.1. The van der Waals surface area contributed by atoms with E-state index in [1.54, 1.807) is 18.2 Å². The van der Waals surface area contributed by atoms with Crippen molar-refractivity contribution < 1.29 is 9.21 Å². The van der Waals surface area contributed by atoms with E-state index in [2.05, 4.69) is 21.2 Å². The lowest BCUT2D eigenvalue weighted by Crippen LogP contribution is -2.11. The van der Waals surface area contributed by atoms with E-state index in [0.29, 0.717) is 21.9 Å². The molecule has 1 N–H and O–H groups in total. The van der Waals surface area contributed by atoms with E-state index in [0.717, 1.165) is 9.86 Å². The SMILES string of the molecule is O=C(Nc1ccc(Cl)cc1Br)c1coc2ccccc12. The third-order valence-electron chi connectivity index (χ3n) is 2.90. The fourth-order valence-electron chi connectivity index (χ4n) is 1.93. The van der Waals surface area contributed by atoms with Crippen LogP contribution in [0.2, 0.25) is 5.02 Å². The van der Waals surface area contributed by atoms with Gasteiger partial charge in [0.15, 0.2) is 0 Å². The van der Waals surface area contributed by atoms with Crippen molar-refractivity contribution >= 4 is 50.1 Å². The van der Waals surface area contributed by atoms with Crippen LogP contribution in [-0.4, -0.2) is 5.91 Å². The molecule has 2 aromatic carbocycles. The zero-order valence-electron chi connectivity index (χ0n) is 10.2. The van der Waals surface area contributed by atoms with Gasteiger partial charge in [0.25, 0.3) is 5.91 Å². The Morgan fingerprint density at radius 2 is 2.00 bits per heavy atom. The van der Waals surface area contributed by atoms with Crippen LogP contribution in [0, 0.1) is 0 Å². The van der Waals surface area contributed by atoms with Gasteiger partial charge in [-0.25, -0.2) is 0 Å². The number of furan rings is 1. The molecule has 1 heterocycles. The molecule has 1 amide bonds. The predicted octanol–water partition coefficient (Wildman–Crippen LogP) is 5.10. The van der Waals surface area contributed by atoms with Crippen molar-refractivity contribution in [1.82, 2.24) is 0 Å². The van der Waals surface area contributed by atoms with Gasteiger partial charge in [0.2, 0.25) is 0 Å². The fourth-order valence-corrected chi connectivity index (χ4v) is 2.72. The standard InChI is InChI=1S/C15H9BrClNO2/c16-12-7-9(17)5-6-13(12)18-15(19)11-8-20-14-4-2-1-3-10(11)14/h1-8H,(H,18,19). The number of halogens is 2. The molecule has 0 aliphatic rings. The molecule has 20 heavy (non-hydrogen) atoms. The number of carbonyl (C=O) groups excluding carboxylic acids is 1. The highest BCUT2D eigenvalue weighted by Crippen LogP contribution is 2.27. The zero-order chi connectivity index (χ0) is 14.1. The number of hydrogen-bond donors (Lipinski definition) is 1. The van der Waals surface area contributed by atoms with E-state index in [4.69, 9.17) is 16.0 Å². The van der Waals surface area contributed by atoms with Gasteiger partial charge in [0.1, 0.15) is 11.8 Å². The lowest BCUT2D eigenvalue weighted by Gasteiger charge is -2.06. The number of hydrogen-bond acceptors (Lipinski definition) is 2. The summed E-state index contributed by atoms with van der Waals surface area (Å²) in [5.74, 6) is -0.224. The van der Waals surface area contributed by atoms with Gasteiger partial charge in [0, 0.05) is 14.9 Å². The second-order valence-electron chi connectivity index (χ2n) is 4.22. The maximum absolute atomic E-state index is 12.3. The smallest absolute Gasteiger partial charge is 0.259 e. The summed E-state index contributed by atoms with van der Waals surface area (Å²) in [5.41, 5.74) is 1.85. The highest BCUT2D eigenvalue weighted by Gasteiger charge is 2.14. The van der Waals surface area contributed by atoms with Crippen molar-refractivity contribution in [3.05, 3.63) is 63.8 Å². The van der Waals surface area contributed by atoms with Gasteiger partial charge in [-0.1, -0.05) is 29.8 Å². The molecule has 1 aromatic heterocycles. The monoisotopic (exact) mass is 349 g/mol. The molecule has 0 atom stereocenters. The van der Waals surface area contributed by atoms with Gasteiger partial charge < -0.3 is 9.73 Å². The Morgan fingerprint density at radius 1 is 1.20 bits per heavy atom. The maximum Gasteiger partial charge on any atom is 0.259 e.